The van der Waals surface area contributed by atoms with Crippen molar-refractivity contribution in [2.24, 2.45) is 5.92 Å². The molecule has 18 heavy (non-hydrogen) atoms. The summed E-state index contributed by atoms with van der Waals surface area (Å²) in [4.78, 5) is 11.8. The smallest absolute Gasteiger partial charge is 0.231 e. The maximum atomic E-state index is 11.8. The second-order valence-corrected chi connectivity index (χ2v) is 4.65. The number of fused-ring (bicyclic) bond motifs is 1. The van der Waals surface area contributed by atoms with Crippen LogP contribution in [-0.4, -0.2) is 12.7 Å². The highest BCUT2D eigenvalue weighted by Crippen LogP contribution is 2.34. The van der Waals surface area contributed by atoms with Crippen LogP contribution in [0.4, 0.5) is 0 Å². The van der Waals surface area contributed by atoms with Gasteiger partial charge >= 0.3 is 0 Å². The van der Waals surface area contributed by atoms with Gasteiger partial charge < -0.3 is 14.8 Å². The van der Waals surface area contributed by atoms with Crippen LogP contribution in [0.2, 0.25) is 0 Å². The number of benzene rings is 1. The van der Waals surface area contributed by atoms with Crippen LogP contribution >= 0.6 is 0 Å². The molecule has 1 heterocycles. The van der Waals surface area contributed by atoms with Gasteiger partial charge in [0.25, 0.3) is 0 Å². The van der Waals surface area contributed by atoms with E-state index in [1.54, 1.807) is 0 Å². The van der Waals surface area contributed by atoms with Gasteiger partial charge in [0.2, 0.25) is 12.7 Å². The lowest BCUT2D eigenvalue weighted by Gasteiger charge is -2.17. The number of nitrogens with one attached hydrogen (secondary N) is 1. The molecule has 2 unspecified atom stereocenters. The molecule has 4 nitrogen and oxygen atoms in total. The van der Waals surface area contributed by atoms with Crippen LogP contribution in [0, 0.1) is 5.92 Å². The molecule has 1 N–H and O–H groups in total. The van der Waals surface area contributed by atoms with Gasteiger partial charge in [0, 0.05) is 5.92 Å². The van der Waals surface area contributed by atoms with Gasteiger partial charge in [0.05, 0.1) is 6.04 Å². The van der Waals surface area contributed by atoms with Crippen molar-refractivity contribution in [3.8, 4) is 11.5 Å². The van der Waals surface area contributed by atoms with Crippen LogP contribution in [0.15, 0.2) is 18.2 Å². The van der Waals surface area contributed by atoms with Crippen LogP contribution < -0.4 is 14.8 Å². The lowest BCUT2D eigenvalue weighted by Crippen LogP contribution is -2.31. The zero-order valence-electron chi connectivity index (χ0n) is 11.0. The number of rotatable bonds is 4. The second kappa shape index (κ2) is 5.29. The van der Waals surface area contributed by atoms with Gasteiger partial charge in [-0.25, -0.2) is 0 Å². The molecule has 0 saturated heterocycles. The first-order valence-electron chi connectivity index (χ1n) is 6.31. The molecule has 1 aliphatic rings. The lowest BCUT2D eigenvalue weighted by atomic mass is 10.0. The Kier molecular flexibility index (Phi) is 3.75. The largest absolute Gasteiger partial charge is 0.454 e. The summed E-state index contributed by atoms with van der Waals surface area (Å²) < 4.78 is 10.6. The van der Waals surface area contributed by atoms with Crippen molar-refractivity contribution < 1.29 is 14.3 Å². The van der Waals surface area contributed by atoms with Crippen molar-refractivity contribution in [3.63, 3.8) is 0 Å². The molecule has 4 heteroatoms. The van der Waals surface area contributed by atoms with Gasteiger partial charge in [-0.05, 0) is 31.0 Å². The Labute approximate surface area is 107 Å². The molecule has 2 atom stereocenters. The SMILES string of the molecule is CCC(C)C(=O)NC(C)c1ccc2c(c1)OCO2. The zero-order valence-corrected chi connectivity index (χ0v) is 11.0. The fraction of sp³-hybridized carbons (Fsp3) is 0.500. The molecule has 2 rings (SSSR count). The average molecular weight is 249 g/mol. The molecular weight excluding hydrogens is 230 g/mol. The van der Waals surface area contributed by atoms with E-state index in [1.165, 1.54) is 0 Å². The number of ether oxygens (including phenoxy) is 2. The van der Waals surface area contributed by atoms with Crippen molar-refractivity contribution in [1.29, 1.82) is 0 Å². The number of amides is 1. The minimum Gasteiger partial charge on any atom is -0.454 e. The van der Waals surface area contributed by atoms with Crippen molar-refractivity contribution >= 4 is 5.91 Å². The van der Waals surface area contributed by atoms with Gasteiger partial charge in [-0.15, -0.1) is 0 Å². The molecule has 0 spiro atoms. The normalized spacial score (nSPS) is 16.2. The maximum absolute atomic E-state index is 11.8. The number of hydrogen-bond donors (Lipinski definition) is 1. The first-order chi connectivity index (χ1) is 8.61. The molecule has 0 bridgehead atoms. The first-order valence-corrected chi connectivity index (χ1v) is 6.31. The number of hydrogen-bond acceptors (Lipinski definition) is 3. The van der Waals surface area contributed by atoms with Gasteiger partial charge in [-0.1, -0.05) is 19.9 Å². The van der Waals surface area contributed by atoms with Crippen LogP contribution in [0.25, 0.3) is 0 Å². The Bertz CT molecular complexity index is 445. The third-order valence-corrected chi connectivity index (χ3v) is 3.32. The van der Waals surface area contributed by atoms with Crippen LogP contribution in [0.5, 0.6) is 11.5 Å². The van der Waals surface area contributed by atoms with Gasteiger partial charge in [0.15, 0.2) is 11.5 Å². The van der Waals surface area contributed by atoms with E-state index in [-0.39, 0.29) is 24.7 Å². The summed E-state index contributed by atoms with van der Waals surface area (Å²) in [5.41, 5.74) is 1.02. The predicted octanol–water partition coefficient (Wildman–Crippen LogP) is 2.64. The minimum atomic E-state index is -0.0269. The van der Waals surface area contributed by atoms with Crippen LogP contribution in [0.3, 0.4) is 0 Å². The molecule has 0 fully saturated rings. The van der Waals surface area contributed by atoms with Gasteiger partial charge in [0.1, 0.15) is 0 Å². The third kappa shape index (κ3) is 2.58. The van der Waals surface area contributed by atoms with E-state index < -0.39 is 0 Å². The van der Waals surface area contributed by atoms with E-state index in [0.717, 1.165) is 23.5 Å². The molecule has 0 aliphatic carbocycles. The van der Waals surface area contributed by atoms with Gasteiger partial charge in [-0.2, -0.15) is 0 Å². The van der Waals surface area contributed by atoms with Crippen LogP contribution in [-0.2, 0) is 4.79 Å². The number of carbonyl (C=O) groups is 1. The Morgan fingerprint density at radius 3 is 2.78 bits per heavy atom. The van der Waals surface area contributed by atoms with E-state index >= 15 is 0 Å². The van der Waals surface area contributed by atoms with E-state index in [0.29, 0.717) is 0 Å². The highest BCUT2D eigenvalue weighted by atomic mass is 16.7. The Morgan fingerprint density at radius 1 is 1.33 bits per heavy atom. The summed E-state index contributed by atoms with van der Waals surface area (Å²) in [5, 5.41) is 3.00. The van der Waals surface area contributed by atoms with Gasteiger partial charge in [-0.3, -0.25) is 4.79 Å². The monoisotopic (exact) mass is 249 g/mol. The van der Waals surface area contributed by atoms with Crippen molar-refractivity contribution in [3.05, 3.63) is 23.8 Å². The minimum absolute atomic E-state index is 0.0269. The highest BCUT2D eigenvalue weighted by molar-refractivity contribution is 5.78. The van der Waals surface area contributed by atoms with Crippen LogP contribution in [0.1, 0.15) is 38.8 Å². The molecule has 0 aromatic heterocycles. The summed E-state index contributed by atoms with van der Waals surface area (Å²) >= 11 is 0. The van der Waals surface area contributed by atoms with Crippen molar-refractivity contribution in [1.82, 2.24) is 5.32 Å². The topological polar surface area (TPSA) is 47.6 Å². The zero-order chi connectivity index (χ0) is 13.1. The fourth-order valence-corrected chi connectivity index (χ4v) is 1.81. The van der Waals surface area contributed by atoms with Crippen molar-refractivity contribution in [2.75, 3.05) is 6.79 Å². The summed E-state index contributed by atoms with van der Waals surface area (Å²) in [6.45, 7) is 6.18. The lowest BCUT2D eigenvalue weighted by molar-refractivity contribution is -0.125. The molecule has 1 amide bonds. The summed E-state index contributed by atoms with van der Waals surface area (Å²) in [7, 11) is 0. The molecule has 1 aliphatic heterocycles. The molecular formula is C14H19NO3. The first kappa shape index (κ1) is 12.7. The van der Waals surface area contributed by atoms with E-state index in [4.69, 9.17) is 9.47 Å². The highest BCUT2D eigenvalue weighted by Gasteiger charge is 2.18. The van der Waals surface area contributed by atoms with E-state index in [9.17, 15) is 4.79 Å². The fourth-order valence-electron chi connectivity index (χ4n) is 1.81. The maximum Gasteiger partial charge on any atom is 0.231 e. The van der Waals surface area contributed by atoms with E-state index in [2.05, 4.69) is 5.32 Å². The summed E-state index contributed by atoms with van der Waals surface area (Å²) in [6, 6.07) is 5.73. The molecule has 98 valence electrons. The average Bonchev–Trinajstić information content (AvgIpc) is 2.84. The molecule has 1 aromatic rings. The van der Waals surface area contributed by atoms with E-state index in [1.807, 2.05) is 39.0 Å². The number of carbonyl (C=O) groups excluding carboxylic acids is 1. The Balaban J connectivity index is 2.05. The van der Waals surface area contributed by atoms with Crippen molar-refractivity contribution in [2.45, 2.75) is 33.2 Å². The second-order valence-electron chi connectivity index (χ2n) is 4.65. The summed E-state index contributed by atoms with van der Waals surface area (Å²) in [5.74, 6) is 1.64. The summed E-state index contributed by atoms with van der Waals surface area (Å²) in [6.07, 6.45) is 0.847. The standard InChI is InChI=1S/C14H19NO3/c1-4-9(2)14(16)15-10(3)11-5-6-12-13(7-11)18-8-17-12/h5-7,9-10H,4,8H2,1-3H3,(H,15,16). The Hall–Kier alpha value is -1.71. The third-order valence-electron chi connectivity index (χ3n) is 3.32. The predicted molar refractivity (Wildman–Crippen MR) is 68.6 cm³/mol. The molecule has 0 saturated carbocycles. The Morgan fingerprint density at radius 2 is 2.06 bits per heavy atom. The molecule has 0 radical (unpaired) electrons. The molecule has 1 aromatic carbocycles. The quantitative estimate of drug-likeness (QED) is 0.892.